The van der Waals surface area contributed by atoms with Crippen LogP contribution in [0.1, 0.15) is 35.8 Å². The monoisotopic (exact) mass is 491 g/mol. The van der Waals surface area contributed by atoms with Crippen molar-refractivity contribution >= 4 is 33.4 Å². The fourth-order valence-electron chi connectivity index (χ4n) is 4.41. The number of carbonyl (C=O) groups is 1. The molecule has 5 nitrogen and oxygen atoms in total. The Hall–Kier alpha value is -4.20. The number of ether oxygens (including phenoxy) is 1. The molecule has 0 atom stereocenters. The van der Waals surface area contributed by atoms with Gasteiger partial charge < -0.3 is 19.2 Å². The molecule has 0 aliphatic carbocycles. The fraction of sp³-hybridized carbons (Fsp3) is 0.179. The van der Waals surface area contributed by atoms with Crippen LogP contribution in [0.4, 0.5) is 18.9 Å². The van der Waals surface area contributed by atoms with Crippen LogP contribution in [0, 0.1) is 0 Å². The van der Waals surface area contributed by atoms with E-state index < -0.39 is 6.36 Å². The van der Waals surface area contributed by atoms with Gasteiger partial charge in [0.05, 0.1) is 5.52 Å². The maximum absolute atomic E-state index is 13.5. The van der Waals surface area contributed by atoms with E-state index in [1.165, 1.54) is 18.2 Å². The zero-order valence-corrected chi connectivity index (χ0v) is 19.9. The molecule has 1 amide bonds. The third-order valence-electron chi connectivity index (χ3n) is 6.18. The second kappa shape index (κ2) is 8.78. The fourth-order valence-corrected chi connectivity index (χ4v) is 4.41. The van der Waals surface area contributed by atoms with Crippen LogP contribution in [0.25, 0.3) is 27.5 Å². The summed E-state index contributed by atoms with van der Waals surface area (Å²) in [7, 11) is 1.95. The van der Waals surface area contributed by atoms with Crippen LogP contribution in [-0.4, -0.2) is 21.4 Å². The molecule has 0 unspecified atom stereocenters. The van der Waals surface area contributed by atoms with Gasteiger partial charge in [-0.2, -0.15) is 0 Å². The largest absolute Gasteiger partial charge is 0.573 e. The average Bonchev–Trinajstić information content (AvgIpc) is 3.38. The summed E-state index contributed by atoms with van der Waals surface area (Å²) in [5, 5.41) is 4.38. The molecular formula is C28H24F3N3O2. The van der Waals surface area contributed by atoms with E-state index in [9.17, 15) is 18.0 Å². The van der Waals surface area contributed by atoms with E-state index in [4.69, 9.17) is 0 Å². The van der Waals surface area contributed by atoms with Gasteiger partial charge >= 0.3 is 6.36 Å². The highest BCUT2D eigenvalue weighted by atomic mass is 19.4. The highest BCUT2D eigenvalue weighted by molar-refractivity contribution is 6.08. The van der Waals surface area contributed by atoms with E-state index in [0.717, 1.165) is 22.2 Å². The second-order valence-corrected chi connectivity index (χ2v) is 9.04. The van der Waals surface area contributed by atoms with E-state index in [1.807, 2.05) is 66.3 Å². The Morgan fingerprint density at radius 1 is 0.917 bits per heavy atom. The summed E-state index contributed by atoms with van der Waals surface area (Å²) in [6, 6.07) is 21.0. The lowest BCUT2D eigenvalue weighted by Crippen LogP contribution is -2.17. The zero-order valence-electron chi connectivity index (χ0n) is 19.9. The maximum atomic E-state index is 13.5. The van der Waals surface area contributed by atoms with Gasteiger partial charge in [-0.3, -0.25) is 4.79 Å². The SMILES string of the molecule is CC(C)c1cccc(-n2c(C(=O)Nc3ccc4c(ccn4C)c3)cc3cc(OC(F)(F)F)ccc32)c1. The van der Waals surface area contributed by atoms with Crippen molar-refractivity contribution < 1.29 is 22.7 Å². The normalized spacial score (nSPS) is 12.0. The predicted molar refractivity (Wildman–Crippen MR) is 135 cm³/mol. The smallest absolute Gasteiger partial charge is 0.406 e. The Morgan fingerprint density at radius 2 is 1.69 bits per heavy atom. The van der Waals surface area contributed by atoms with Gasteiger partial charge in [0.25, 0.3) is 5.91 Å². The first-order chi connectivity index (χ1) is 17.1. The number of aryl methyl sites for hydroxylation is 1. The molecule has 5 rings (SSSR count). The van der Waals surface area contributed by atoms with Crippen LogP contribution in [0.2, 0.25) is 0 Å². The van der Waals surface area contributed by atoms with Crippen molar-refractivity contribution in [1.29, 1.82) is 0 Å². The number of carbonyl (C=O) groups excluding carboxylic acids is 1. The first-order valence-corrected chi connectivity index (χ1v) is 11.5. The number of hydrogen-bond acceptors (Lipinski definition) is 2. The van der Waals surface area contributed by atoms with Gasteiger partial charge in [-0.25, -0.2) is 0 Å². The van der Waals surface area contributed by atoms with E-state index in [2.05, 4.69) is 23.9 Å². The standard InChI is InChI=1S/C28H24F3N3O2/c1-17(2)18-5-4-6-22(14-18)34-25-10-8-23(36-28(29,30)31)15-20(25)16-26(34)27(35)32-21-7-9-24-19(13-21)11-12-33(24)3/h4-17H,1-3H3,(H,32,35). The number of nitrogens with zero attached hydrogens (tertiary/aromatic N) is 2. The molecule has 0 aliphatic rings. The minimum atomic E-state index is -4.81. The Kier molecular flexibility index (Phi) is 5.74. The molecular weight excluding hydrogens is 467 g/mol. The zero-order chi connectivity index (χ0) is 25.6. The molecule has 184 valence electrons. The van der Waals surface area contributed by atoms with E-state index >= 15 is 0 Å². The molecule has 8 heteroatoms. The van der Waals surface area contributed by atoms with E-state index in [-0.39, 0.29) is 17.6 Å². The number of alkyl halides is 3. The minimum Gasteiger partial charge on any atom is -0.406 e. The number of nitrogens with one attached hydrogen (secondary N) is 1. The summed E-state index contributed by atoms with van der Waals surface area (Å²) in [6.45, 7) is 4.14. The van der Waals surface area contributed by atoms with Crippen molar-refractivity contribution in [3.8, 4) is 11.4 Å². The van der Waals surface area contributed by atoms with E-state index in [1.54, 1.807) is 10.6 Å². The van der Waals surface area contributed by atoms with Crippen LogP contribution >= 0.6 is 0 Å². The lowest BCUT2D eigenvalue weighted by Gasteiger charge is -2.14. The molecule has 0 fully saturated rings. The summed E-state index contributed by atoms with van der Waals surface area (Å²) in [5.74, 6) is -0.465. The number of rotatable bonds is 5. The summed E-state index contributed by atoms with van der Waals surface area (Å²) in [4.78, 5) is 13.5. The molecule has 0 aliphatic heterocycles. The number of fused-ring (bicyclic) bond motifs is 2. The minimum absolute atomic E-state index is 0.258. The van der Waals surface area contributed by atoms with Gasteiger partial charge in [-0.15, -0.1) is 13.2 Å². The van der Waals surface area contributed by atoms with Gasteiger partial charge in [0.1, 0.15) is 11.4 Å². The van der Waals surface area contributed by atoms with Crippen molar-refractivity contribution in [2.24, 2.45) is 7.05 Å². The van der Waals surface area contributed by atoms with Gasteiger partial charge in [0.2, 0.25) is 0 Å². The van der Waals surface area contributed by atoms with Gasteiger partial charge in [0, 0.05) is 40.9 Å². The summed E-state index contributed by atoms with van der Waals surface area (Å²) in [6.07, 6.45) is -2.87. The quantitative estimate of drug-likeness (QED) is 0.279. The second-order valence-electron chi connectivity index (χ2n) is 9.04. The number of aromatic nitrogens is 2. The molecule has 0 saturated heterocycles. The van der Waals surface area contributed by atoms with Crippen molar-refractivity contribution in [2.75, 3.05) is 5.32 Å². The number of halogens is 3. The molecule has 3 aromatic carbocycles. The molecule has 5 aromatic rings. The summed E-state index contributed by atoms with van der Waals surface area (Å²) < 4.78 is 46.3. The van der Waals surface area contributed by atoms with Crippen LogP contribution in [-0.2, 0) is 7.05 Å². The highest BCUT2D eigenvalue weighted by Gasteiger charge is 2.31. The molecule has 0 bridgehead atoms. The van der Waals surface area contributed by atoms with Crippen molar-refractivity contribution in [2.45, 2.75) is 26.1 Å². The Labute approximate surface area is 205 Å². The van der Waals surface area contributed by atoms with Gasteiger partial charge in [-0.1, -0.05) is 26.0 Å². The molecule has 2 heterocycles. The Bertz CT molecular complexity index is 1600. The first kappa shape index (κ1) is 23.5. The predicted octanol–water partition coefficient (Wildman–Crippen LogP) is 7.40. The van der Waals surface area contributed by atoms with E-state index in [0.29, 0.717) is 22.3 Å². The van der Waals surface area contributed by atoms with Crippen LogP contribution in [0.3, 0.4) is 0 Å². The Morgan fingerprint density at radius 3 is 2.44 bits per heavy atom. The maximum Gasteiger partial charge on any atom is 0.573 e. The third-order valence-corrected chi connectivity index (χ3v) is 6.18. The lowest BCUT2D eigenvalue weighted by molar-refractivity contribution is -0.274. The van der Waals surface area contributed by atoms with Crippen LogP contribution in [0.15, 0.2) is 79.0 Å². The molecule has 0 saturated carbocycles. The highest BCUT2D eigenvalue weighted by Crippen LogP contribution is 2.32. The average molecular weight is 492 g/mol. The summed E-state index contributed by atoms with van der Waals surface area (Å²) >= 11 is 0. The molecule has 36 heavy (non-hydrogen) atoms. The lowest BCUT2D eigenvalue weighted by atomic mass is 10.0. The van der Waals surface area contributed by atoms with Gasteiger partial charge in [0.15, 0.2) is 0 Å². The van der Waals surface area contributed by atoms with Crippen LogP contribution in [0.5, 0.6) is 5.75 Å². The third kappa shape index (κ3) is 4.54. The van der Waals surface area contributed by atoms with Crippen molar-refractivity contribution in [3.05, 3.63) is 90.3 Å². The van der Waals surface area contributed by atoms with Gasteiger partial charge in [-0.05, 0) is 72.1 Å². The topological polar surface area (TPSA) is 48.2 Å². The molecule has 0 spiro atoms. The number of amides is 1. The summed E-state index contributed by atoms with van der Waals surface area (Å²) in [5.41, 5.74) is 4.35. The number of anilines is 1. The van der Waals surface area contributed by atoms with Crippen LogP contribution < -0.4 is 10.1 Å². The molecule has 0 radical (unpaired) electrons. The van der Waals surface area contributed by atoms with Crippen molar-refractivity contribution in [3.63, 3.8) is 0 Å². The number of hydrogen-bond donors (Lipinski definition) is 1. The molecule has 2 aromatic heterocycles. The first-order valence-electron chi connectivity index (χ1n) is 11.5. The van der Waals surface area contributed by atoms with Crippen molar-refractivity contribution in [1.82, 2.24) is 9.13 Å². The Balaban J connectivity index is 1.61. The number of benzene rings is 3. The molecule has 1 N–H and O–H groups in total.